The van der Waals surface area contributed by atoms with Crippen LogP contribution in [0.1, 0.15) is 73.8 Å². The van der Waals surface area contributed by atoms with E-state index in [-0.39, 0.29) is 54.7 Å². The number of nitrogens with two attached hydrogens (primary N) is 1. The van der Waals surface area contributed by atoms with Crippen molar-refractivity contribution in [2.45, 2.75) is 92.4 Å². The zero-order valence-corrected chi connectivity index (χ0v) is 25.1. The summed E-state index contributed by atoms with van der Waals surface area (Å²) >= 11 is 0. The van der Waals surface area contributed by atoms with Crippen LogP contribution in [0.3, 0.4) is 0 Å². The van der Waals surface area contributed by atoms with Gasteiger partial charge in [-0.05, 0) is 49.8 Å². The van der Waals surface area contributed by atoms with Gasteiger partial charge in [-0.25, -0.2) is 9.59 Å². The Labute approximate surface area is 236 Å². The summed E-state index contributed by atoms with van der Waals surface area (Å²) in [7, 11) is 1.20. The quantitative estimate of drug-likeness (QED) is 0.179. The van der Waals surface area contributed by atoms with Gasteiger partial charge in [0.1, 0.15) is 17.7 Å². The molecular weight excluding hydrogens is 522 g/mol. The highest BCUT2D eigenvalue weighted by Crippen LogP contribution is 2.32. The first-order chi connectivity index (χ1) is 18.6. The minimum Gasteiger partial charge on any atom is -0.468 e. The van der Waals surface area contributed by atoms with Crippen LogP contribution in [0.2, 0.25) is 0 Å². The van der Waals surface area contributed by atoms with Gasteiger partial charge in [-0.3, -0.25) is 9.59 Å². The molecule has 226 valence electrons. The second-order valence-electron chi connectivity index (χ2n) is 10.7. The van der Waals surface area contributed by atoms with Gasteiger partial charge in [0.15, 0.2) is 11.5 Å². The van der Waals surface area contributed by atoms with Gasteiger partial charge < -0.3 is 34.2 Å². The molecule has 2 N–H and O–H groups in total. The lowest BCUT2D eigenvalue weighted by Gasteiger charge is -2.27. The van der Waals surface area contributed by atoms with Crippen molar-refractivity contribution in [3.8, 4) is 11.5 Å². The molecule has 0 spiro atoms. The summed E-state index contributed by atoms with van der Waals surface area (Å²) in [4.78, 5) is 49.6. The highest BCUT2D eigenvalue weighted by Gasteiger charge is 2.36. The summed E-state index contributed by atoms with van der Waals surface area (Å²) in [5, 5.41) is 0. The molecule has 11 nitrogen and oxygen atoms in total. The Morgan fingerprint density at radius 1 is 0.850 bits per heavy atom. The number of hydrogen-bond donors (Lipinski definition) is 1. The summed E-state index contributed by atoms with van der Waals surface area (Å²) in [6, 6.07) is 4.36. The maximum Gasteiger partial charge on any atom is 0.514 e. The lowest BCUT2D eigenvalue weighted by atomic mass is 9.88. The van der Waals surface area contributed by atoms with Crippen molar-refractivity contribution >= 4 is 24.2 Å². The van der Waals surface area contributed by atoms with Crippen molar-refractivity contribution in [2.75, 3.05) is 13.7 Å². The van der Waals surface area contributed by atoms with Crippen LogP contribution in [0, 0.1) is 17.8 Å². The second kappa shape index (κ2) is 16.1. The molecule has 1 aromatic rings. The van der Waals surface area contributed by atoms with E-state index in [1.807, 2.05) is 34.6 Å². The number of methoxy groups -OCH3 is 1. The molecule has 4 atom stereocenters. The van der Waals surface area contributed by atoms with Crippen LogP contribution >= 0.6 is 0 Å². The van der Waals surface area contributed by atoms with Crippen LogP contribution in [0.15, 0.2) is 18.2 Å². The van der Waals surface area contributed by atoms with Gasteiger partial charge in [-0.15, -0.1) is 0 Å². The van der Waals surface area contributed by atoms with E-state index in [0.717, 1.165) is 0 Å². The Balaban J connectivity index is 3.24. The van der Waals surface area contributed by atoms with E-state index in [1.54, 1.807) is 26.8 Å². The SMILES string of the molecule is CC[C@H](C)C(=O)OCCC(N)(Cc1ccc(OC(=O)OC(C)C(C)C)c(OC(=O)OC(C)C(C)C)c1)C(=O)OC. The van der Waals surface area contributed by atoms with Gasteiger partial charge >= 0.3 is 24.2 Å². The molecule has 1 aromatic carbocycles. The van der Waals surface area contributed by atoms with E-state index in [2.05, 4.69) is 0 Å². The number of benzene rings is 1. The molecule has 0 bridgehead atoms. The van der Waals surface area contributed by atoms with E-state index in [4.69, 9.17) is 34.2 Å². The van der Waals surface area contributed by atoms with Gasteiger partial charge in [0.2, 0.25) is 0 Å². The highest BCUT2D eigenvalue weighted by atomic mass is 16.8. The normalized spacial score (nSPS) is 14.9. The topological polar surface area (TPSA) is 150 Å². The molecule has 0 saturated heterocycles. The summed E-state index contributed by atoms with van der Waals surface area (Å²) in [6.45, 7) is 14.5. The highest BCUT2D eigenvalue weighted by molar-refractivity contribution is 5.81. The van der Waals surface area contributed by atoms with E-state index < -0.39 is 36.0 Å². The summed E-state index contributed by atoms with van der Waals surface area (Å²) in [5.41, 5.74) is 5.32. The van der Waals surface area contributed by atoms with Crippen molar-refractivity contribution in [1.29, 1.82) is 0 Å². The number of carbonyl (C=O) groups is 4. The van der Waals surface area contributed by atoms with Gasteiger partial charge in [0, 0.05) is 12.8 Å². The van der Waals surface area contributed by atoms with Crippen molar-refractivity contribution in [3.05, 3.63) is 23.8 Å². The van der Waals surface area contributed by atoms with E-state index in [1.165, 1.54) is 19.2 Å². The molecule has 0 aliphatic heterocycles. The monoisotopic (exact) mass is 567 g/mol. The summed E-state index contributed by atoms with van der Waals surface area (Å²) in [6.07, 6.45) is -2.31. The largest absolute Gasteiger partial charge is 0.514 e. The smallest absolute Gasteiger partial charge is 0.468 e. The van der Waals surface area contributed by atoms with E-state index >= 15 is 0 Å². The number of hydrogen-bond acceptors (Lipinski definition) is 11. The third kappa shape index (κ3) is 11.0. The average molecular weight is 568 g/mol. The second-order valence-corrected chi connectivity index (χ2v) is 10.7. The predicted octanol–water partition coefficient (Wildman–Crippen LogP) is 5.20. The van der Waals surface area contributed by atoms with Crippen molar-refractivity contribution in [3.63, 3.8) is 0 Å². The number of esters is 2. The van der Waals surface area contributed by atoms with Crippen molar-refractivity contribution in [2.24, 2.45) is 23.5 Å². The third-order valence-corrected chi connectivity index (χ3v) is 6.76. The molecule has 11 heteroatoms. The van der Waals surface area contributed by atoms with Gasteiger partial charge in [-0.2, -0.15) is 0 Å². The van der Waals surface area contributed by atoms with Crippen LogP contribution in [0.4, 0.5) is 9.59 Å². The molecule has 0 radical (unpaired) electrons. The first-order valence-corrected chi connectivity index (χ1v) is 13.6. The fourth-order valence-electron chi connectivity index (χ4n) is 3.10. The zero-order chi connectivity index (χ0) is 30.6. The fraction of sp³-hybridized carbons (Fsp3) is 0.655. The molecule has 0 aliphatic rings. The molecule has 0 aliphatic carbocycles. The van der Waals surface area contributed by atoms with Gasteiger partial charge in [0.25, 0.3) is 0 Å². The lowest BCUT2D eigenvalue weighted by molar-refractivity contribution is -0.153. The Hall–Kier alpha value is -3.34. The summed E-state index contributed by atoms with van der Waals surface area (Å²) in [5.74, 6) is -1.53. The molecule has 0 amide bonds. The van der Waals surface area contributed by atoms with Crippen LogP contribution in [-0.2, 0) is 35.0 Å². The maximum atomic E-state index is 12.6. The molecule has 0 aromatic heterocycles. The molecular formula is C29H45NO10. The van der Waals surface area contributed by atoms with Crippen LogP contribution in [0.5, 0.6) is 11.5 Å². The lowest BCUT2D eigenvalue weighted by Crippen LogP contribution is -2.51. The first kappa shape index (κ1) is 34.7. The number of carbonyl (C=O) groups excluding carboxylic acids is 4. The Morgan fingerprint density at radius 2 is 1.38 bits per heavy atom. The number of ether oxygens (including phenoxy) is 6. The Kier molecular flexibility index (Phi) is 13.9. The minimum atomic E-state index is -1.57. The molecule has 0 fully saturated rings. The average Bonchev–Trinajstić information content (AvgIpc) is 2.88. The van der Waals surface area contributed by atoms with Gasteiger partial charge in [-0.1, -0.05) is 47.6 Å². The zero-order valence-electron chi connectivity index (χ0n) is 25.1. The molecule has 3 unspecified atom stereocenters. The van der Waals surface area contributed by atoms with E-state index in [0.29, 0.717) is 12.0 Å². The standard InChI is InChI=1S/C29H45NO10/c1-10-19(6)25(31)36-14-13-29(30,26(32)35-9)16-22-11-12-23(39-27(33)37-20(7)17(2)3)24(15-22)40-28(34)38-21(8)18(4)5/h11-12,15,17-21H,10,13-14,16,30H2,1-9H3/t19-,20?,21?,29?/m0/s1. The minimum absolute atomic E-state index is 0.0242. The molecule has 40 heavy (non-hydrogen) atoms. The van der Waals surface area contributed by atoms with Gasteiger partial charge in [0.05, 0.1) is 19.6 Å². The Morgan fingerprint density at radius 3 is 1.85 bits per heavy atom. The van der Waals surface area contributed by atoms with Crippen molar-refractivity contribution in [1.82, 2.24) is 0 Å². The predicted molar refractivity (Wildman–Crippen MR) is 147 cm³/mol. The Bertz CT molecular complexity index is 1010. The molecule has 1 rings (SSSR count). The fourth-order valence-corrected chi connectivity index (χ4v) is 3.10. The molecule has 0 heterocycles. The maximum absolute atomic E-state index is 12.6. The van der Waals surface area contributed by atoms with Crippen LogP contribution in [-0.4, -0.2) is 55.7 Å². The first-order valence-electron chi connectivity index (χ1n) is 13.6. The number of rotatable bonds is 14. The van der Waals surface area contributed by atoms with Crippen molar-refractivity contribution < 1.29 is 47.6 Å². The van der Waals surface area contributed by atoms with Crippen LogP contribution in [0.25, 0.3) is 0 Å². The third-order valence-electron chi connectivity index (χ3n) is 6.76. The summed E-state index contributed by atoms with van der Waals surface area (Å²) < 4.78 is 31.5. The van der Waals surface area contributed by atoms with Crippen LogP contribution < -0.4 is 15.2 Å². The molecule has 0 saturated carbocycles. The van der Waals surface area contributed by atoms with E-state index in [9.17, 15) is 19.2 Å².